The molecule has 0 saturated carbocycles. The van der Waals surface area contributed by atoms with Crippen molar-refractivity contribution in [2.75, 3.05) is 6.54 Å². The van der Waals surface area contributed by atoms with Crippen molar-refractivity contribution in [2.24, 2.45) is 0 Å². The molecular weight excluding hydrogens is 264 g/mol. The van der Waals surface area contributed by atoms with Gasteiger partial charge >= 0.3 is 6.03 Å². The van der Waals surface area contributed by atoms with Crippen molar-refractivity contribution in [3.8, 4) is 0 Å². The van der Waals surface area contributed by atoms with Crippen LogP contribution in [0.25, 0.3) is 0 Å². The molecule has 0 aliphatic carbocycles. The third-order valence-electron chi connectivity index (χ3n) is 3.63. The van der Waals surface area contributed by atoms with Gasteiger partial charge in [0.15, 0.2) is 0 Å². The normalized spacial score (nSPS) is 17.9. The molecule has 1 aliphatic heterocycles. The van der Waals surface area contributed by atoms with Gasteiger partial charge in [0, 0.05) is 6.54 Å². The molecule has 1 N–H and O–H groups in total. The molecule has 0 bridgehead atoms. The maximum atomic E-state index is 12.4. The molecule has 2 aromatic rings. The Labute approximate surface area is 123 Å². The molecular formula is C17H16N2O2. The van der Waals surface area contributed by atoms with Crippen LogP contribution in [-0.4, -0.2) is 23.4 Å². The van der Waals surface area contributed by atoms with Gasteiger partial charge in [-0.25, -0.2) is 4.79 Å². The third-order valence-corrected chi connectivity index (χ3v) is 3.63. The first-order valence-electron chi connectivity index (χ1n) is 6.96. The number of carbonyl (C=O) groups excluding carboxylic acids is 2. The van der Waals surface area contributed by atoms with Gasteiger partial charge in [-0.05, 0) is 17.5 Å². The molecule has 21 heavy (non-hydrogen) atoms. The Morgan fingerprint density at radius 1 is 0.905 bits per heavy atom. The lowest BCUT2D eigenvalue weighted by Crippen LogP contribution is -2.32. The Balaban J connectivity index is 1.70. The Bertz CT molecular complexity index is 640. The average molecular weight is 280 g/mol. The predicted molar refractivity (Wildman–Crippen MR) is 79.6 cm³/mol. The molecule has 2 aromatic carbocycles. The van der Waals surface area contributed by atoms with Crippen LogP contribution in [0.15, 0.2) is 60.7 Å². The summed E-state index contributed by atoms with van der Waals surface area (Å²) in [7, 11) is 0. The van der Waals surface area contributed by atoms with Crippen LogP contribution in [0.5, 0.6) is 0 Å². The zero-order chi connectivity index (χ0) is 14.7. The number of hydrogen-bond donors (Lipinski definition) is 1. The molecule has 3 amide bonds. The fourth-order valence-electron chi connectivity index (χ4n) is 2.49. The molecule has 1 saturated heterocycles. The summed E-state index contributed by atoms with van der Waals surface area (Å²) in [5, 5.41) is 2.74. The highest BCUT2D eigenvalue weighted by Crippen LogP contribution is 2.21. The van der Waals surface area contributed by atoms with E-state index in [1.54, 1.807) is 0 Å². The lowest BCUT2D eigenvalue weighted by atomic mass is 10.1. The van der Waals surface area contributed by atoms with Gasteiger partial charge in [0.2, 0.25) is 0 Å². The lowest BCUT2D eigenvalue weighted by molar-refractivity contribution is -0.127. The minimum absolute atomic E-state index is 0.179. The quantitative estimate of drug-likeness (QED) is 0.875. The summed E-state index contributed by atoms with van der Waals surface area (Å²) >= 11 is 0. The zero-order valence-electron chi connectivity index (χ0n) is 11.5. The number of hydrogen-bond acceptors (Lipinski definition) is 2. The Morgan fingerprint density at radius 2 is 1.52 bits per heavy atom. The van der Waals surface area contributed by atoms with Crippen LogP contribution in [0.1, 0.15) is 17.2 Å². The van der Waals surface area contributed by atoms with E-state index in [1.165, 1.54) is 4.90 Å². The summed E-state index contributed by atoms with van der Waals surface area (Å²) in [6, 6.07) is 18.3. The first-order chi connectivity index (χ1) is 10.3. The molecule has 1 fully saturated rings. The standard InChI is InChI=1S/C17H16N2O2/c20-16-15(14-9-5-2-6-10-14)18-17(21)19(16)12-11-13-7-3-1-4-8-13/h1-10,15H,11-12H2,(H,18,21). The molecule has 0 aromatic heterocycles. The number of imide groups is 1. The first-order valence-corrected chi connectivity index (χ1v) is 6.96. The van der Waals surface area contributed by atoms with Crippen molar-refractivity contribution >= 4 is 11.9 Å². The van der Waals surface area contributed by atoms with E-state index in [2.05, 4.69) is 5.32 Å². The van der Waals surface area contributed by atoms with Crippen molar-refractivity contribution in [3.63, 3.8) is 0 Å². The summed E-state index contributed by atoms with van der Waals surface area (Å²) in [5.41, 5.74) is 1.93. The molecule has 1 unspecified atom stereocenters. The fraction of sp³-hybridized carbons (Fsp3) is 0.176. The number of carbonyl (C=O) groups is 2. The van der Waals surface area contributed by atoms with E-state index in [9.17, 15) is 9.59 Å². The summed E-state index contributed by atoms with van der Waals surface area (Å²) in [6.45, 7) is 0.401. The van der Waals surface area contributed by atoms with E-state index in [1.807, 2.05) is 60.7 Å². The third kappa shape index (κ3) is 2.79. The number of urea groups is 1. The van der Waals surface area contributed by atoms with Crippen LogP contribution in [0.4, 0.5) is 4.79 Å². The highest BCUT2D eigenvalue weighted by Gasteiger charge is 2.38. The van der Waals surface area contributed by atoms with E-state index in [-0.39, 0.29) is 11.9 Å². The molecule has 0 radical (unpaired) electrons. The van der Waals surface area contributed by atoms with E-state index in [4.69, 9.17) is 0 Å². The van der Waals surface area contributed by atoms with Crippen LogP contribution >= 0.6 is 0 Å². The molecule has 4 heteroatoms. The van der Waals surface area contributed by atoms with Gasteiger partial charge in [-0.2, -0.15) is 0 Å². The van der Waals surface area contributed by atoms with Crippen LogP contribution in [0, 0.1) is 0 Å². The highest BCUT2D eigenvalue weighted by molar-refractivity contribution is 6.04. The van der Waals surface area contributed by atoms with Crippen LogP contribution in [0.2, 0.25) is 0 Å². The van der Waals surface area contributed by atoms with E-state index >= 15 is 0 Å². The van der Waals surface area contributed by atoms with Crippen molar-refractivity contribution in [3.05, 3.63) is 71.8 Å². The summed E-state index contributed by atoms with van der Waals surface area (Å²) in [5.74, 6) is -0.179. The molecule has 3 rings (SSSR count). The second-order valence-electron chi connectivity index (χ2n) is 5.02. The lowest BCUT2D eigenvalue weighted by Gasteiger charge is -2.13. The Kier molecular flexibility index (Phi) is 3.69. The summed E-state index contributed by atoms with van der Waals surface area (Å²) in [6.07, 6.45) is 0.668. The zero-order valence-corrected chi connectivity index (χ0v) is 11.5. The van der Waals surface area contributed by atoms with Gasteiger partial charge < -0.3 is 5.32 Å². The maximum Gasteiger partial charge on any atom is 0.325 e. The van der Waals surface area contributed by atoms with E-state index in [0.29, 0.717) is 13.0 Å². The smallest absolute Gasteiger partial charge is 0.322 e. The highest BCUT2D eigenvalue weighted by atomic mass is 16.2. The number of benzene rings is 2. The summed E-state index contributed by atoms with van der Waals surface area (Å²) in [4.78, 5) is 25.7. The van der Waals surface area contributed by atoms with Crippen molar-refractivity contribution in [1.82, 2.24) is 10.2 Å². The molecule has 1 atom stereocenters. The molecule has 4 nitrogen and oxygen atoms in total. The average Bonchev–Trinajstić information content (AvgIpc) is 2.82. The van der Waals surface area contributed by atoms with Crippen molar-refractivity contribution in [2.45, 2.75) is 12.5 Å². The van der Waals surface area contributed by atoms with Gasteiger partial charge in [0.1, 0.15) is 6.04 Å². The van der Waals surface area contributed by atoms with Gasteiger partial charge in [-0.15, -0.1) is 0 Å². The predicted octanol–water partition coefficient (Wildman–Crippen LogP) is 2.52. The monoisotopic (exact) mass is 280 g/mol. The topological polar surface area (TPSA) is 49.4 Å². The Hall–Kier alpha value is -2.62. The number of rotatable bonds is 4. The first kappa shape index (κ1) is 13.4. The van der Waals surface area contributed by atoms with Gasteiger partial charge in [-0.3, -0.25) is 9.69 Å². The summed E-state index contributed by atoms with van der Waals surface area (Å²) < 4.78 is 0. The van der Waals surface area contributed by atoms with E-state index < -0.39 is 6.04 Å². The number of amides is 3. The van der Waals surface area contributed by atoms with Crippen LogP contribution in [0.3, 0.4) is 0 Å². The van der Waals surface area contributed by atoms with Crippen molar-refractivity contribution < 1.29 is 9.59 Å². The maximum absolute atomic E-state index is 12.4. The van der Waals surface area contributed by atoms with Crippen molar-refractivity contribution in [1.29, 1.82) is 0 Å². The second-order valence-corrected chi connectivity index (χ2v) is 5.02. The number of nitrogens with zero attached hydrogens (tertiary/aromatic N) is 1. The number of nitrogens with one attached hydrogen (secondary N) is 1. The molecule has 0 spiro atoms. The minimum atomic E-state index is -0.561. The Morgan fingerprint density at radius 3 is 2.19 bits per heavy atom. The fourth-order valence-corrected chi connectivity index (χ4v) is 2.49. The van der Waals surface area contributed by atoms with Crippen LogP contribution in [-0.2, 0) is 11.2 Å². The van der Waals surface area contributed by atoms with Gasteiger partial charge in [0.05, 0.1) is 0 Å². The van der Waals surface area contributed by atoms with Gasteiger partial charge in [0.25, 0.3) is 5.91 Å². The van der Waals surface area contributed by atoms with E-state index in [0.717, 1.165) is 11.1 Å². The molecule has 1 aliphatic rings. The largest absolute Gasteiger partial charge is 0.325 e. The molecule has 106 valence electrons. The molecule has 1 heterocycles. The minimum Gasteiger partial charge on any atom is -0.322 e. The second kappa shape index (κ2) is 5.79. The van der Waals surface area contributed by atoms with Crippen LogP contribution < -0.4 is 5.32 Å². The van der Waals surface area contributed by atoms with Gasteiger partial charge in [-0.1, -0.05) is 60.7 Å². The SMILES string of the molecule is O=C1NC(c2ccccc2)C(=O)N1CCc1ccccc1.